The zero-order chi connectivity index (χ0) is 18.8. The average molecular weight is 397 g/mol. The van der Waals surface area contributed by atoms with Crippen LogP contribution in [0.3, 0.4) is 0 Å². The van der Waals surface area contributed by atoms with E-state index in [2.05, 4.69) is 20.3 Å². The third-order valence-corrected chi connectivity index (χ3v) is 4.56. The number of aromatic nitrogens is 2. The largest absolute Gasteiger partial charge is 0.468 e. The summed E-state index contributed by atoms with van der Waals surface area (Å²) in [5.41, 5.74) is 0.892. The smallest absolute Gasteiger partial charge is 0.408 e. The zero-order valence-corrected chi connectivity index (χ0v) is 16.0. The van der Waals surface area contributed by atoms with Gasteiger partial charge in [0.15, 0.2) is 0 Å². The molecule has 1 N–H and O–H groups in total. The van der Waals surface area contributed by atoms with Gasteiger partial charge in [0.1, 0.15) is 18.4 Å². The van der Waals surface area contributed by atoms with Gasteiger partial charge in [-0.25, -0.2) is 4.79 Å². The van der Waals surface area contributed by atoms with Crippen LogP contribution in [0.4, 0.5) is 4.79 Å². The van der Waals surface area contributed by atoms with Gasteiger partial charge in [0.2, 0.25) is 5.89 Å². The van der Waals surface area contributed by atoms with Gasteiger partial charge in [-0.3, -0.25) is 4.79 Å². The molecule has 1 amide bonds. The first-order valence-electron chi connectivity index (χ1n) is 7.61. The Morgan fingerprint density at radius 2 is 2.04 bits per heavy atom. The van der Waals surface area contributed by atoms with E-state index in [0.717, 1.165) is 17.3 Å². The first-order valence-corrected chi connectivity index (χ1v) is 9.99. The van der Waals surface area contributed by atoms with Crippen LogP contribution in [0.2, 0.25) is 0 Å². The Morgan fingerprint density at radius 3 is 2.73 bits per heavy atom. The number of rotatable bonds is 9. The van der Waals surface area contributed by atoms with Gasteiger partial charge < -0.3 is 19.2 Å². The minimum absolute atomic E-state index is 0.0673. The molecule has 0 radical (unpaired) electrons. The van der Waals surface area contributed by atoms with Gasteiger partial charge in [0, 0.05) is 5.75 Å². The van der Waals surface area contributed by atoms with E-state index in [1.165, 1.54) is 18.9 Å². The molecule has 1 atom stereocenters. The summed E-state index contributed by atoms with van der Waals surface area (Å²) in [5, 5.41) is 10.7. The van der Waals surface area contributed by atoms with Gasteiger partial charge in [-0.05, 0) is 11.8 Å². The molecule has 0 bridgehead atoms. The van der Waals surface area contributed by atoms with Crippen LogP contribution in [0.15, 0.2) is 40.0 Å². The molecule has 26 heavy (non-hydrogen) atoms. The van der Waals surface area contributed by atoms with E-state index in [1.807, 2.05) is 36.6 Å². The van der Waals surface area contributed by atoms with E-state index in [4.69, 9.17) is 9.15 Å². The molecule has 0 saturated carbocycles. The molecule has 10 heteroatoms. The standard InChI is InChI=1S/C16H19N3O5S2/c1-22-13(20)10-26-16-19-18-14(24-16)12(9-25-2)17-15(21)23-8-11-6-4-3-5-7-11/h3-7,12H,8-10H2,1-2H3,(H,17,21)/t12-/m0/s1. The highest BCUT2D eigenvalue weighted by Gasteiger charge is 2.22. The molecule has 0 saturated heterocycles. The highest BCUT2D eigenvalue weighted by Crippen LogP contribution is 2.22. The van der Waals surface area contributed by atoms with E-state index in [-0.39, 0.29) is 23.5 Å². The summed E-state index contributed by atoms with van der Waals surface area (Å²) in [5.74, 6) is 0.461. The number of benzene rings is 1. The highest BCUT2D eigenvalue weighted by molar-refractivity contribution is 7.99. The SMILES string of the molecule is COC(=O)CSc1nnc([C@H](CSC)NC(=O)OCc2ccccc2)o1. The molecule has 2 rings (SSSR count). The Hall–Kier alpha value is -2.20. The fraction of sp³-hybridized carbons (Fsp3) is 0.375. The van der Waals surface area contributed by atoms with Gasteiger partial charge in [-0.2, -0.15) is 11.8 Å². The molecular formula is C16H19N3O5S2. The maximum absolute atomic E-state index is 12.0. The number of methoxy groups -OCH3 is 1. The van der Waals surface area contributed by atoms with E-state index >= 15 is 0 Å². The number of amides is 1. The zero-order valence-electron chi connectivity index (χ0n) is 14.3. The molecule has 8 nitrogen and oxygen atoms in total. The molecule has 0 aliphatic rings. The Labute approximate surface area is 159 Å². The number of ether oxygens (including phenoxy) is 2. The van der Waals surface area contributed by atoms with Crippen molar-refractivity contribution in [2.45, 2.75) is 17.9 Å². The molecule has 0 aliphatic carbocycles. The van der Waals surface area contributed by atoms with Crippen molar-refractivity contribution in [3.63, 3.8) is 0 Å². The Morgan fingerprint density at radius 1 is 1.27 bits per heavy atom. The number of carbonyl (C=O) groups excluding carboxylic acids is 2. The second-order valence-corrected chi connectivity index (χ2v) is 6.82. The summed E-state index contributed by atoms with van der Waals surface area (Å²) in [6, 6.07) is 8.89. The molecule has 0 spiro atoms. The fourth-order valence-corrected chi connectivity index (χ4v) is 3.01. The van der Waals surface area contributed by atoms with Gasteiger partial charge in [0.05, 0.1) is 7.11 Å². The second-order valence-electron chi connectivity index (χ2n) is 4.99. The lowest BCUT2D eigenvalue weighted by Gasteiger charge is -2.14. The van der Waals surface area contributed by atoms with Crippen molar-refractivity contribution in [3.05, 3.63) is 41.8 Å². The number of nitrogens with one attached hydrogen (secondary N) is 1. The highest BCUT2D eigenvalue weighted by atomic mass is 32.2. The van der Waals surface area contributed by atoms with Crippen molar-refractivity contribution in [1.29, 1.82) is 0 Å². The Kier molecular flexibility index (Phi) is 8.29. The molecule has 0 fully saturated rings. The van der Waals surface area contributed by atoms with Gasteiger partial charge >= 0.3 is 12.1 Å². The van der Waals surface area contributed by atoms with Gasteiger partial charge in [-0.1, -0.05) is 42.1 Å². The minimum atomic E-state index is -0.574. The number of hydrogen-bond acceptors (Lipinski definition) is 9. The molecule has 1 heterocycles. The number of alkyl carbamates (subject to hydrolysis) is 1. The molecule has 140 valence electrons. The first-order chi connectivity index (χ1) is 12.6. The van der Waals surface area contributed by atoms with Crippen molar-refractivity contribution in [1.82, 2.24) is 15.5 Å². The number of esters is 1. The summed E-state index contributed by atoms with van der Waals surface area (Å²) >= 11 is 2.58. The molecule has 0 aliphatic heterocycles. The summed E-state index contributed by atoms with van der Waals surface area (Å²) in [6.07, 6.45) is 1.32. The van der Waals surface area contributed by atoms with Gasteiger partial charge in [0.25, 0.3) is 5.22 Å². The van der Waals surface area contributed by atoms with Crippen molar-refractivity contribution in [2.24, 2.45) is 0 Å². The average Bonchev–Trinajstić information content (AvgIpc) is 3.14. The molecular weight excluding hydrogens is 378 g/mol. The predicted molar refractivity (Wildman–Crippen MR) is 97.9 cm³/mol. The lowest BCUT2D eigenvalue weighted by atomic mass is 10.2. The van der Waals surface area contributed by atoms with Crippen LogP contribution < -0.4 is 5.32 Å². The number of carbonyl (C=O) groups is 2. The maximum Gasteiger partial charge on any atom is 0.408 e. The topological polar surface area (TPSA) is 104 Å². The number of nitrogens with zero attached hydrogens (tertiary/aromatic N) is 2. The Bertz CT molecular complexity index is 711. The second kappa shape index (κ2) is 10.7. The van der Waals surface area contributed by atoms with Crippen molar-refractivity contribution >= 4 is 35.6 Å². The number of thioether (sulfide) groups is 2. The van der Waals surface area contributed by atoms with E-state index in [1.54, 1.807) is 0 Å². The molecule has 2 aromatic rings. The molecule has 1 aromatic heterocycles. The van der Waals surface area contributed by atoms with Crippen LogP contribution >= 0.6 is 23.5 Å². The summed E-state index contributed by atoms with van der Waals surface area (Å²) in [4.78, 5) is 23.2. The van der Waals surface area contributed by atoms with Crippen LogP contribution in [0.1, 0.15) is 17.5 Å². The van der Waals surface area contributed by atoms with Crippen LogP contribution in [0.5, 0.6) is 0 Å². The van der Waals surface area contributed by atoms with Crippen molar-refractivity contribution in [2.75, 3.05) is 24.9 Å². The maximum atomic E-state index is 12.0. The van der Waals surface area contributed by atoms with Crippen molar-refractivity contribution in [3.8, 4) is 0 Å². The lowest BCUT2D eigenvalue weighted by molar-refractivity contribution is -0.137. The normalized spacial score (nSPS) is 11.6. The quantitative estimate of drug-likeness (QED) is 0.505. The van der Waals surface area contributed by atoms with Crippen LogP contribution in [-0.2, 0) is 20.9 Å². The fourth-order valence-electron chi connectivity index (χ4n) is 1.85. The Balaban J connectivity index is 1.90. The van der Waals surface area contributed by atoms with Gasteiger partial charge in [-0.15, -0.1) is 10.2 Å². The first kappa shape index (κ1) is 20.1. The third-order valence-electron chi connectivity index (χ3n) is 3.10. The number of hydrogen-bond donors (Lipinski definition) is 1. The monoisotopic (exact) mass is 397 g/mol. The minimum Gasteiger partial charge on any atom is -0.468 e. The van der Waals surface area contributed by atoms with E-state index in [0.29, 0.717) is 5.75 Å². The third kappa shape index (κ3) is 6.60. The van der Waals surface area contributed by atoms with Crippen LogP contribution in [-0.4, -0.2) is 47.1 Å². The van der Waals surface area contributed by atoms with Crippen LogP contribution in [0.25, 0.3) is 0 Å². The molecule has 1 aromatic carbocycles. The molecule has 0 unspecified atom stereocenters. The lowest BCUT2D eigenvalue weighted by Crippen LogP contribution is -2.30. The summed E-state index contributed by atoms with van der Waals surface area (Å²) < 4.78 is 15.3. The summed E-state index contributed by atoms with van der Waals surface area (Å²) in [6.45, 7) is 0.169. The van der Waals surface area contributed by atoms with E-state index in [9.17, 15) is 9.59 Å². The van der Waals surface area contributed by atoms with Crippen LogP contribution in [0, 0.1) is 0 Å². The van der Waals surface area contributed by atoms with E-state index < -0.39 is 18.1 Å². The summed E-state index contributed by atoms with van der Waals surface area (Å²) in [7, 11) is 1.31. The van der Waals surface area contributed by atoms with Crippen molar-refractivity contribution < 1.29 is 23.5 Å². The predicted octanol–water partition coefficient (Wildman–Crippen LogP) is 2.67.